The lowest BCUT2D eigenvalue weighted by atomic mass is 10.00. The smallest absolute Gasteiger partial charge is 0.258 e. The summed E-state index contributed by atoms with van der Waals surface area (Å²) in [5, 5.41) is 0.836. The summed E-state index contributed by atoms with van der Waals surface area (Å²) in [5.41, 5.74) is 12.2. The molecule has 0 saturated heterocycles. The maximum atomic E-state index is 12.7. The van der Waals surface area contributed by atoms with Crippen LogP contribution in [0.2, 0.25) is 0 Å². The van der Waals surface area contributed by atoms with Crippen molar-refractivity contribution < 1.29 is 4.79 Å². The van der Waals surface area contributed by atoms with Gasteiger partial charge in [-0.1, -0.05) is 24.3 Å². The maximum Gasteiger partial charge on any atom is 0.258 e. The van der Waals surface area contributed by atoms with Crippen LogP contribution in [-0.4, -0.2) is 26.8 Å². The van der Waals surface area contributed by atoms with Crippen LogP contribution in [-0.2, 0) is 6.54 Å². The lowest BCUT2D eigenvalue weighted by Crippen LogP contribution is -2.26. The monoisotopic (exact) mass is 330 g/mol. The van der Waals surface area contributed by atoms with Gasteiger partial charge in [0.15, 0.2) is 0 Å². The molecule has 5 nitrogen and oxygen atoms in total. The van der Waals surface area contributed by atoms with E-state index in [1.807, 2.05) is 48.4 Å². The predicted octanol–water partition coefficient (Wildman–Crippen LogP) is 3.31. The maximum absolute atomic E-state index is 12.7. The Labute approximate surface area is 145 Å². The Morgan fingerprint density at radius 1 is 1.20 bits per heavy atom. The number of hydrogen-bond donors (Lipinski definition) is 1. The Morgan fingerprint density at radius 2 is 2.04 bits per heavy atom. The molecule has 0 atom stereocenters. The van der Waals surface area contributed by atoms with Gasteiger partial charge in [0.25, 0.3) is 5.91 Å². The molecule has 3 heterocycles. The van der Waals surface area contributed by atoms with E-state index in [9.17, 15) is 4.79 Å². The van der Waals surface area contributed by atoms with Gasteiger partial charge < -0.3 is 10.6 Å². The average Bonchev–Trinajstić information content (AvgIpc) is 3.40. The zero-order valence-corrected chi connectivity index (χ0v) is 14.0. The van der Waals surface area contributed by atoms with Gasteiger partial charge in [0.1, 0.15) is 0 Å². The molecule has 0 unspecified atom stereocenters. The molecular formula is C20H18N4O. The minimum atomic E-state index is 0.0341. The fourth-order valence-corrected chi connectivity index (χ4v) is 3.63. The van der Waals surface area contributed by atoms with Gasteiger partial charge in [0.05, 0.1) is 29.0 Å². The highest BCUT2D eigenvalue weighted by Gasteiger charge is 2.40. The van der Waals surface area contributed by atoms with Crippen molar-refractivity contribution in [2.45, 2.75) is 32.4 Å². The van der Waals surface area contributed by atoms with Gasteiger partial charge in [0, 0.05) is 34.4 Å². The number of carbonyl (C=O) groups is 1. The van der Waals surface area contributed by atoms with E-state index in [0.29, 0.717) is 23.8 Å². The topological polar surface area (TPSA) is 72.1 Å². The molecule has 5 rings (SSSR count). The number of hydrogen-bond acceptors (Lipinski definition) is 4. The third-order valence-electron chi connectivity index (χ3n) is 5.14. The van der Waals surface area contributed by atoms with E-state index < -0.39 is 0 Å². The molecule has 3 aromatic rings. The minimum Gasteiger partial charge on any atom is -0.397 e. The number of fused-ring (bicyclic) bond motifs is 2. The second-order valence-electron chi connectivity index (χ2n) is 6.90. The molecule has 1 aromatic carbocycles. The van der Waals surface area contributed by atoms with Gasteiger partial charge in [0.2, 0.25) is 0 Å². The van der Waals surface area contributed by atoms with E-state index in [1.165, 1.54) is 0 Å². The van der Waals surface area contributed by atoms with Gasteiger partial charge in [-0.15, -0.1) is 0 Å². The van der Waals surface area contributed by atoms with Gasteiger partial charge in [-0.2, -0.15) is 0 Å². The minimum absolute atomic E-state index is 0.0341. The zero-order valence-electron chi connectivity index (χ0n) is 14.0. The highest BCUT2D eigenvalue weighted by atomic mass is 16.2. The van der Waals surface area contributed by atoms with Crippen LogP contribution in [0.3, 0.4) is 0 Å². The predicted molar refractivity (Wildman–Crippen MR) is 97.0 cm³/mol. The lowest BCUT2D eigenvalue weighted by molar-refractivity contribution is 0.0767. The number of anilines is 1. The van der Waals surface area contributed by atoms with Crippen LogP contribution in [0, 0.1) is 6.92 Å². The summed E-state index contributed by atoms with van der Waals surface area (Å²) in [6.07, 6.45) is 4.02. The highest BCUT2D eigenvalue weighted by Crippen LogP contribution is 2.39. The largest absolute Gasteiger partial charge is 0.397 e. The Hall–Kier alpha value is -2.95. The standard InChI is InChI=1S/C20H18N4O/c1-11-5-6-12(9-22-11)14-3-2-4-15-18(21)17-16(23-19(14)15)10-24(20(17)25)13-7-8-13/h2-6,9,13H,7-8,10H2,1H3,(H2,21,23). The van der Waals surface area contributed by atoms with Crippen LogP contribution >= 0.6 is 0 Å². The highest BCUT2D eigenvalue weighted by molar-refractivity contribution is 6.11. The van der Waals surface area contributed by atoms with Crippen molar-refractivity contribution in [3.8, 4) is 11.1 Å². The number of aromatic nitrogens is 2. The van der Waals surface area contributed by atoms with Gasteiger partial charge in [-0.25, -0.2) is 4.98 Å². The van der Waals surface area contributed by atoms with E-state index >= 15 is 0 Å². The van der Waals surface area contributed by atoms with Crippen LogP contribution in [0.25, 0.3) is 22.0 Å². The van der Waals surface area contributed by atoms with Crippen LogP contribution < -0.4 is 5.73 Å². The summed E-state index contributed by atoms with van der Waals surface area (Å²) in [5.74, 6) is 0.0341. The van der Waals surface area contributed by atoms with Crippen LogP contribution in [0.1, 0.15) is 34.6 Å². The molecule has 0 bridgehead atoms. The van der Waals surface area contributed by atoms with Crippen molar-refractivity contribution in [1.82, 2.24) is 14.9 Å². The summed E-state index contributed by atoms with van der Waals surface area (Å²) in [6.45, 7) is 2.54. The first kappa shape index (κ1) is 14.4. The fraction of sp³-hybridized carbons (Fsp3) is 0.250. The first-order valence-corrected chi connectivity index (χ1v) is 8.58. The summed E-state index contributed by atoms with van der Waals surface area (Å²) in [7, 11) is 0. The first-order valence-electron chi connectivity index (χ1n) is 8.58. The first-order chi connectivity index (χ1) is 12.1. The molecule has 2 N–H and O–H groups in total. The summed E-state index contributed by atoms with van der Waals surface area (Å²) in [4.78, 5) is 23.9. The Morgan fingerprint density at radius 3 is 2.76 bits per heavy atom. The molecule has 1 saturated carbocycles. The third kappa shape index (κ3) is 2.12. The Kier molecular flexibility index (Phi) is 2.89. The zero-order chi connectivity index (χ0) is 17.1. The van der Waals surface area contributed by atoms with Crippen molar-refractivity contribution in [3.05, 3.63) is 53.5 Å². The summed E-state index contributed by atoms with van der Waals surface area (Å²) < 4.78 is 0. The number of pyridine rings is 2. The number of rotatable bonds is 2. The molecular weight excluding hydrogens is 312 g/mol. The number of nitrogens with two attached hydrogens (primary N) is 1. The number of benzene rings is 1. The Balaban J connectivity index is 1.73. The molecule has 124 valence electrons. The lowest BCUT2D eigenvalue weighted by Gasteiger charge is -2.13. The van der Waals surface area contributed by atoms with E-state index in [1.54, 1.807) is 0 Å². The molecule has 1 amide bonds. The molecule has 2 aromatic heterocycles. The van der Waals surface area contributed by atoms with Crippen LogP contribution in [0.5, 0.6) is 0 Å². The number of amides is 1. The van der Waals surface area contributed by atoms with Crippen molar-refractivity contribution in [2.24, 2.45) is 0 Å². The third-order valence-corrected chi connectivity index (χ3v) is 5.14. The van der Waals surface area contributed by atoms with Crippen molar-refractivity contribution in [3.63, 3.8) is 0 Å². The Bertz CT molecular complexity index is 1020. The molecule has 25 heavy (non-hydrogen) atoms. The molecule has 5 heteroatoms. The van der Waals surface area contributed by atoms with E-state index in [2.05, 4.69) is 4.98 Å². The molecule has 0 radical (unpaired) electrons. The second-order valence-corrected chi connectivity index (χ2v) is 6.90. The summed E-state index contributed by atoms with van der Waals surface area (Å²) >= 11 is 0. The number of nitrogen functional groups attached to an aromatic ring is 1. The number of carbonyl (C=O) groups excluding carboxylic acids is 1. The molecule has 0 spiro atoms. The van der Waals surface area contributed by atoms with Crippen molar-refractivity contribution in [1.29, 1.82) is 0 Å². The average molecular weight is 330 g/mol. The molecule has 1 aliphatic carbocycles. The quantitative estimate of drug-likeness (QED) is 0.782. The molecule has 2 aliphatic rings. The number of aryl methyl sites for hydroxylation is 1. The SMILES string of the molecule is Cc1ccc(-c2cccc3c(N)c4c(nc23)CN(C2CC2)C4=O)cn1. The fourth-order valence-electron chi connectivity index (χ4n) is 3.63. The number of nitrogens with zero attached hydrogens (tertiary/aromatic N) is 3. The van der Waals surface area contributed by atoms with E-state index in [0.717, 1.165) is 46.3 Å². The normalized spacial score (nSPS) is 16.5. The molecule has 1 aliphatic heterocycles. The van der Waals surface area contributed by atoms with Crippen molar-refractivity contribution >= 4 is 22.5 Å². The van der Waals surface area contributed by atoms with E-state index in [4.69, 9.17) is 10.7 Å². The van der Waals surface area contributed by atoms with Crippen LogP contribution in [0.4, 0.5) is 5.69 Å². The van der Waals surface area contributed by atoms with Gasteiger partial charge >= 0.3 is 0 Å². The van der Waals surface area contributed by atoms with Crippen LogP contribution in [0.15, 0.2) is 36.5 Å². The van der Waals surface area contributed by atoms with Gasteiger partial charge in [-0.05, 0) is 25.8 Å². The summed E-state index contributed by atoms with van der Waals surface area (Å²) in [6, 6.07) is 10.3. The number of para-hydroxylation sites is 1. The molecule has 1 fully saturated rings. The van der Waals surface area contributed by atoms with Crippen molar-refractivity contribution in [2.75, 3.05) is 5.73 Å². The van der Waals surface area contributed by atoms with Gasteiger partial charge in [-0.3, -0.25) is 9.78 Å². The van der Waals surface area contributed by atoms with E-state index in [-0.39, 0.29) is 5.91 Å². The second kappa shape index (κ2) is 5.02.